The molecule has 1 aromatic rings. The molecule has 0 aliphatic carbocycles. The zero-order valence-electron chi connectivity index (χ0n) is 10.7. The van der Waals surface area contributed by atoms with Gasteiger partial charge in [-0.25, -0.2) is 0 Å². The Hall–Kier alpha value is -1.46. The lowest BCUT2D eigenvalue weighted by molar-refractivity contribution is 0.101. The maximum atomic E-state index is 9.47. The van der Waals surface area contributed by atoms with Gasteiger partial charge in [-0.1, -0.05) is 0 Å². The SMILES string of the molecule is Cc1cc2c(cc1N(C)CC(O)CO)OCCO2. The van der Waals surface area contributed by atoms with Crippen molar-refractivity contribution in [2.45, 2.75) is 13.0 Å². The Morgan fingerprint density at radius 3 is 2.50 bits per heavy atom. The van der Waals surface area contributed by atoms with Crippen LogP contribution < -0.4 is 14.4 Å². The molecule has 0 fully saturated rings. The van der Waals surface area contributed by atoms with E-state index in [0.29, 0.717) is 19.8 Å². The standard InChI is InChI=1S/C13H19NO4/c1-9-5-12-13(18-4-3-17-12)6-11(9)14(2)7-10(16)8-15/h5-6,10,15-16H,3-4,7-8H2,1-2H3. The summed E-state index contributed by atoms with van der Waals surface area (Å²) in [5.74, 6) is 1.49. The maximum absolute atomic E-state index is 9.47. The first-order chi connectivity index (χ1) is 8.61. The van der Waals surface area contributed by atoms with E-state index in [-0.39, 0.29) is 6.61 Å². The molecule has 0 spiro atoms. The normalized spacial score (nSPS) is 15.3. The van der Waals surface area contributed by atoms with Crippen molar-refractivity contribution in [2.24, 2.45) is 0 Å². The highest BCUT2D eigenvalue weighted by atomic mass is 16.6. The molecule has 2 rings (SSSR count). The van der Waals surface area contributed by atoms with Gasteiger partial charge in [0.2, 0.25) is 0 Å². The summed E-state index contributed by atoms with van der Waals surface area (Å²) in [4.78, 5) is 1.90. The molecule has 5 heteroatoms. The number of nitrogens with zero attached hydrogens (tertiary/aromatic N) is 1. The molecule has 5 nitrogen and oxygen atoms in total. The number of ether oxygens (including phenoxy) is 2. The van der Waals surface area contributed by atoms with Gasteiger partial charge in [-0.15, -0.1) is 0 Å². The summed E-state index contributed by atoms with van der Waals surface area (Å²) < 4.78 is 11.0. The number of fused-ring (bicyclic) bond motifs is 1. The third-order valence-corrected chi connectivity index (χ3v) is 2.97. The van der Waals surface area contributed by atoms with Gasteiger partial charge in [-0.2, -0.15) is 0 Å². The van der Waals surface area contributed by atoms with E-state index in [1.165, 1.54) is 0 Å². The molecule has 1 aromatic carbocycles. The average Bonchev–Trinajstić information content (AvgIpc) is 2.37. The number of aliphatic hydroxyl groups is 2. The predicted molar refractivity (Wildman–Crippen MR) is 68.5 cm³/mol. The first kappa shape index (κ1) is 13.0. The van der Waals surface area contributed by atoms with Crippen molar-refractivity contribution in [3.63, 3.8) is 0 Å². The Morgan fingerprint density at radius 1 is 1.28 bits per heavy atom. The molecule has 1 aliphatic rings. The molecule has 0 amide bonds. The molecule has 1 unspecified atom stereocenters. The number of hydrogen-bond donors (Lipinski definition) is 2. The number of likely N-dealkylation sites (N-methyl/N-ethyl adjacent to an activating group) is 1. The molecule has 2 N–H and O–H groups in total. The largest absolute Gasteiger partial charge is 0.486 e. The Labute approximate surface area is 107 Å². The van der Waals surface area contributed by atoms with E-state index in [1.54, 1.807) is 0 Å². The topological polar surface area (TPSA) is 62.2 Å². The minimum absolute atomic E-state index is 0.242. The molecule has 1 atom stereocenters. The minimum Gasteiger partial charge on any atom is -0.486 e. The number of aryl methyl sites for hydroxylation is 1. The van der Waals surface area contributed by atoms with E-state index in [0.717, 1.165) is 22.7 Å². The van der Waals surface area contributed by atoms with Crippen LogP contribution in [-0.4, -0.2) is 49.7 Å². The molecule has 0 saturated heterocycles. The summed E-state index contributed by atoms with van der Waals surface area (Å²) in [6.45, 7) is 3.24. The van der Waals surface area contributed by atoms with Gasteiger partial charge in [0.1, 0.15) is 13.2 Å². The van der Waals surface area contributed by atoms with Crippen LogP contribution in [0.4, 0.5) is 5.69 Å². The van der Waals surface area contributed by atoms with E-state index < -0.39 is 6.10 Å². The van der Waals surface area contributed by atoms with Crippen molar-refractivity contribution in [1.29, 1.82) is 0 Å². The summed E-state index contributed by atoms with van der Waals surface area (Å²) in [5.41, 5.74) is 2.01. The van der Waals surface area contributed by atoms with Crippen molar-refractivity contribution in [1.82, 2.24) is 0 Å². The Balaban J connectivity index is 2.22. The first-order valence-corrected chi connectivity index (χ1v) is 6.02. The summed E-state index contributed by atoms with van der Waals surface area (Å²) in [5, 5.41) is 18.3. The molecule has 0 aromatic heterocycles. The molecule has 0 radical (unpaired) electrons. The lowest BCUT2D eigenvalue weighted by Gasteiger charge is -2.26. The fraction of sp³-hybridized carbons (Fsp3) is 0.538. The van der Waals surface area contributed by atoms with Crippen molar-refractivity contribution in [2.75, 3.05) is 38.3 Å². The van der Waals surface area contributed by atoms with Crippen LogP contribution in [0.25, 0.3) is 0 Å². The van der Waals surface area contributed by atoms with Gasteiger partial charge in [-0.3, -0.25) is 0 Å². The van der Waals surface area contributed by atoms with Gasteiger partial charge < -0.3 is 24.6 Å². The van der Waals surface area contributed by atoms with Crippen molar-refractivity contribution < 1.29 is 19.7 Å². The van der Waals surface area contributed by atoms with Crippen LogP contribution in [0, 0.1) is 6.92 Å². The van der Waals surface area contributed by atoms with Crippen LogP contribution in [0.1, 0.15) is 5.56 Å². The fourth-order valence-corrected chi connectivity index (χ4v) is 2.06. The van der Waals surface area contributed by atoms with Crippen molar-refractivity contribution >= 4 is 5.69 Å². The Bertz CT molecular complexity index is 422. The van der Waals surface area contributed by atoms with E-state index in [9.17, 15) is 5.11 Å². The van der Waals surface area contributed by atoms with Crippen LogP contribution in [0.5, 0.6) is 11.5 Å². The second kappa shape index (κ2) is 5.46. The van der Waals surface area contributed by atoms with Gasteiger partial charge in [0, 0.05) is 25.3 Å². The minimum atomic E-state index is -0.748. The molecule has 1 heterocycles. The third-order valence-electron chi connectivity index (χ3n) is 2.97. The van der Waals surface area contributed by atoms with Gasteiger partial charge >= 0.3 is 0 Å². The average molecular weight is 253 g/mol. The second-order valence-electron chi connectivity index (χ2n) is 4.50. The number of hydrogen-bond acceptors (Lipinski definition) is 5. The van der Waals surface area contributed by atoms with Crippen LogP contribution >= 0.6 is 0 Å². The zero-order valence-corrected chi connectivity index (χ0v) is 10.7. The summed E-state index contributed by atoms with van der Waals surface area (Å²) in [6, 6.07) is 3.85. The molecule has 1 aliphatic heterocycles. The van der Waals surface area contributed by atoms with Gasteiger partial charge in [0.05, 0.1) is 12.7 Å². The van der Waals surface area contributed by atoms with Crippen LogP contribution in [0.2, 0.25) is 0 Å². The fourth-order valence-electron chi connectivity index (χ4n) is 2.06. The predicted octanol–water partition coefficient (Wildman–Crippen LogP) is 0.556. The maximum Gasteiger partial charge on any atom is 0.163 e. The zero-order chi connectivity index (χ0) is 13.1. The lowest BCUT2D eigenvalue weighted by Crippen LogP contribution is -2.31. The van der Waals surface area contributed by atoms with Crippen LogP contribution in [-0.2, 0) is 0 Å². The summed E-state index contributed by atoms with van der Waals surface area (Å²) in [7, 11) is 1.87. The highest BCUT2D eigenvalue weighted by Gasteiger charge is 2.17. The number of benzene rings is 1. The molecule has 18 heavy (non-hydrogen) atoms. The second-order valence-corrected chi connectivity index (χ2v) is 4.50. The van der Waals surface area contributed by atoms with Crippen molar-refractivity contribution in [3.8, 4) is 11.5 Å². The molecule has 0 saturated carbocycles. The number of rotatable bonds is 4. The third kappa shape index (κ3) is 2.68. The van der Waals surface area contributed by atoms with E-state index in [4.69, 9.17) is 14.6 Å². The Kier molecular flexibility index (Phi) is 3.93. The lowest BCUT2D eigenvalue weighted by atomic mass is 10.1. The quantitative estimate of drug-likeness (QED) is 0.821. The smallest absolute Gasteiger partial charge is 0.163 e. The molecule has 100 valence electrons. The molecular weight excluding hydrogens is 234 g/mol. The number of anilines is 1. The van der Waals surface area contributed by atoms with E-state index in [2.05, 4.69) is 0 Å². The monoisotopic (exact) mass is 253 g/mol. The number of aliphatic hydroxyl groups excluding tert-OH is 2. The van der Waals surface area contributed by atoms with Gasteiger partial charge in [0.25, 0.3) is 0 Å². The molecular formula is C13H19NO4. The summed E-state index contributed by atoms with van der Waals surface area (Å²) >= 11 is 0. The first-order valence-electron chi connectivity index (χ1n) is 6.02. The summed E-state index contributed by atoms with van der Waals surface area (Å²) in [6.07, 6.45) is -0.748. The van der Waals surface area contributed by atoms with E-state index >= 15 is 0 Å². The highest BCUT2D eigenvalue weighted by molar-refractivity contribution is 5.61. The van der Waals surface area contributed by atoms with Crippen LogP contribution in [0.15, 0.2) is 12.1 Å². The Morgan fingerprint density at radius 2 is 1.89 bits per heavy atom. The van der Waals surface area contributed by atoms with Gasteiger partial charge in [-0.05, 0) is 18.6 Å². The molecule has 0 bridgehead atoms. The highest BCUT2D eigenvalue weighted by Crippen LogP contribution is 2.36. The van der Waals surface area contributed by atoms with Crippen LogP contribution in [0.3, 0.4) is 0 Å². The van der Waals surface area contributed by atoms with E-state index in [1.807, 2.05) is 31.0 Å². The van der Waals surface area contributed by atoms with Gasteiger partial charge in [0.15, 0.2) is 11.5 Å². The van der Waals surface area contributed by atoms with Crippen molar-refractivity contribution in [3.05, 3.63) is 17.7 Å².